The van der Waals surface area contributed by atoms with Gasteiger partial charge in [-0.05, 0) is 47.9 Å². The van der Waals surface area contributed by atoms with Crippen LogP contribution in [0.3, 0.4) is 0 Å². The average Bonchev–Trinajstić information content (AvgIpc) is 3.14. The minimum atomic E-state index is -1.97. The van der Waals surface area contributed by atoms with E-state index in [1.807, 2.05) is 19.0 Å². The van der Waals surface area contributed by atoms with E-state index in [4.69, 9.17) is 33.2 Å². The summed E-state index contributed by atoms with van der Waals surface area (Å²) in [6.45, 7) is 6.52. The van der Waals surface area contributed by atoms with Crippen LogP contribution < -0.4 is 0 Å². The largest absolute Gasteiger partial charge is 0.507 e. The minimum Gasteiger partial charge on any atom is -0.507 e. The highest BCUT2D eigenvalue weighted by Crippen LogP contribution is 2.56. The number of aliphatic hydroxyl groups is 2. The average molecular weight is 814 g/mol. The summed E-state index contributed by atoms with van der Waals surface area (Å²) in [5.74, 6) is -6.50. The van der Waals surface area contributed by atoms with Crippen LogP contribution in [0.1, 0.15) is 115 Å². The molecular formula is C41H51NO16. The summed E-state index contributed by atoms with van der Waals surface area (Å²) in [5, 5.41) is 57.3. The van der Waals surface area contributed by atoms with E-state index in [0.717, 1.165) is 7.11 Å². The monoisotopic (exact) mass is 813 g/mol. The summed E-state index contributed by atoms with van der Waals surface area (Å²) >= 11 is 0. The van der Waals surface area contributed by atoms with E-state index in [9.17, 15) is 44.7 Å². The molecule has 0 saturated carbocycles. The molecule has 0 radical (unpaired) electrons. The van der Waals surface area contributed by atoms with Crippen LogP contribution in [0.25, 0.3) is 0 Å². The van der Waals surface area contributed by atoms with Crippen molar-refractivity contribution in [2.45, 2.75) is 139 Å². The quantitative estimate of drug-likeness (QED) is 0.162. The lowest BCUT2D eigenvalue weighted by Crippen LogP contribution is -2.58. The molecule has 17 heteroatoms. The van der Waals surface area contributed by atoms with E-state index in [2.05, 4.69) is 0 Å². The zero-order valence-electron chi connectivity index (χ0n) is 33.4. The van der Waals surface area contributed by atoms with Crippen LogP contribution in [0.4, 0.5) is 0 Å². The highest BCUT2D eigenvalue weighted by atomic mass is 16.7. The number of fused-ring (bicyclic) bond motifs is 3. The normalized spacial score (nSPS) is 36.3. The van der Waals surface area contributed by atoms with E-state index in [1.165, 1.54) is 25.1 Å². The minimum absolute atomic E-state index is 0.00473. The summed E-state index contributed by atoms with van der Waals surface area (Å²) in [4.78, 5) is 54.8. The number of ketones is 3. The van der Waals surface area contributed by atoms with E-state index in [0.29, 0.717) is 12.8 Å². The van der Waals surface area contributed by atoms with Crippen LogP contribution in [0, 0.1) is 0 Å². The molecule has 3 aliphatic heterocycles. The van der Waals surface area contributed by atoms with Crippen LogP contribution in [-0.4, -0.2) is 142 Å². The maximum absolute atomic E-state index is 13.9. The summed E-state index contributed by atoms with van der Waals surface area (Å²) in [7, 11) is 4.76. The lowest BCUT2D eigenvalue weighted by Gasteiger charge is -2.48. The van der Waals surface area contributed by atoms with E-state index in [-0.39, 0.29) is 53.3 Å². The Morgan fingerprint density at radius 1 is 0.828 bits per heavy atom. The van der Waals surface area contributed by atoms with Crippen LogP contribution in [0.2, 0.25) is 0 Å². The summed E-state index contributed by atoms with van der Waals surface area (Å²) in [6, 6.07) is 3.47. The van der Waals surface area contributed by atoms with Gasteiger partial charge in [-0.25, -0.2) is 0 Å². The van der Waals surface area contributed by atoms with Crippen LogP contribution >= 0.6 is 0 Å². The Balaban J connectivity index is 1.14. The van der Waals surface area contributed by atoms with Gasteiger partial charge >= 0.3 is 5.97 Å². The number of carbonyl (C=O) groups excluding carboxylic acids is 4. The Labute approximate surface area is 334 Å². The Morgan fingerprint density at radius 3 is 2.09 bits per heavy atom. The molecular weight excluding hydrogens is 762 g/mol. The Morgan fingerprint density at radius 2 is 1.45 bits per heavy atom. The molecule has 2 aromatic rings. The molecule has 58 heavy (non-hydrogen) atoms. The SMILES string of the molecule is COC(=O)[C@@H]1c2c(O)c3c(c(O)c2[C@@H](OC2CC(N(C)C)C(OC4CC(O)C(OC5CCC(=O)C(C)O5)C(C)O4)C(C)O2)C[C@@]1(C)O)C(=O)c1c(O)cccc1C3=O. The summed E-state index contributed by atoms with van der Waals surface area (Å²) in [6.07, 6.45) is -7.43. The first kappa shape index (κ1) is 42.1. The van der Waals surface area contributed by atoms with Gasteiger partial charge in [0.25, 0.3) is 0 Å². The van der Waals surface area contributed by atoms with Gasteiger partial charge in [-0.1, -0.05) is 12.1 Å². The van der Waals surface area contributed by atoms with Crippen molar-refractivity contribution >= 4 is 23.3 Å². The molecule has 5 aliphatic rings. The number of rotatable bonds is 8. The fraction of sp³-hybridized carbons (Fsp3) is 0.610. The predicted octanol–water partition coefficient (Wildman–Crippen LogP) is 2.47. The Bertz CT molecular complexity index is 1970. The van der Waals surface area contributed by atoms with Gasteiger partial charge in [0.2, 0.25) is 5.78 Å². The maximum atomic E-state index is 13.9. The fourth-order valence-corrected chi connectivity index (χ4v) is 9.15. The molecule has 5 N–H and O–H groups in total. The molecule has 10 unspecified atom stereocenters. The van der Waals surface area contributed by atoms with Crippen molar-refractivity contribution < 1.29 is 77.9 Å². The second kappa shape index (κ2) is 15.9. The molecule has 2 aromatic carbocycles. The predicted molar refractivity (Wildman–Crippen MR) is 198 cm³/mol. The molecule has 2 aliphatic carbocycles. The first-order valence-corrected chi connectivity index (χ1v) is 19.5. The van der Waals surface area contributed by atoms with Crippen LogP contribution in [0.5, 0.6) is 17.2 Å². The molecule has 0 amide bonds. The van der Waals surface area contributed by atoms with E-state index >= 15 is 0 Å². The van der Waals surface area contributed by atoms with Crippen molar-refractivity contribution in [2.75, 3.05) is 21.2 Å². The number of likely N-dealkylation sites (N-methyl/N-ethyl adjacent to an activating group) is 1. The van der Waals surface area contributed by atoms with Crippen molar-refractivity contribution in [1.29, 1.82) is 0 Å². The third-order valence-electron chi connectivity index (χ3n) is 12.1. The van der Waals surface area contributed by atoms with E-state index in [1.54, 1.807) is 20.8 Å². The highest BCUT2D eigenvalue weighted by Gasteiger charge is 2.54. The third kappa shape index (κ3) is 7.30. The number of phenolic OH excluding ortho intramolecular Hbond substituents is 3. The first-order valence-electron chi connectivity index (χ1n) is 19.5. The number of carbonyl (C=O) groups is 4. The molecule has 7 rings (SSSR count). The molecule has 17 nitrogen and oxygen atoms in total. The number of methoxy groups -OCH3 is 1. The molecule has 3 saturated heterocycles. The van der Waals surface area contributed by atoms with Gasteiger partial charge in [-0.3, -0.25) is 19.2 Å². The number of aliphatic hydroxyl groups excluding tert-OH is 1. The smallest absolute Gasteiger partial charge is 0.316 e. The Hall–Kier alpha value is -4.04. The topological polar surface area (TPSA) is 237 Å². The van der Waals surface area contributed by atoms with Crippen molar-refractivity contribution in [3.05, 3.63) is 51.6 Å². The number of phenols is 3. The first-order chi connectivity index (χ1) is 27.3. The number of aromatic hydroxyl groups is 3. The Kier molecular flexibility index (Phi) is 11.5. The second-order valence-electron chi connectivity index (χ2n) is 16.3. The summed E-state index contributed by atoms with van der Waals surface area (Å²) in [5.41, 5.74) is -4.28. The highest BCUT2D eigenvalue weighted by molar-refractivity contribution is 6.31. The lowest BCUT2D eigenvalue weighted by atomic mass is 9.68. The van der Waals surface area contributed by atoms with Crippen molar-refractivity contribution in [3.63, 3.8) is 0 Å². The number of hydrogen-bond acceptors (Lipinski definition) is 17. The number of ether oxygens (including phenoxy) is 7. The molecule has 0 bridgehead atoms. The second-order valence-corrected chi connectivity index (χ2v) is 16.3. The summed E-state index contributed by atoms with van der Waals surface area (Å²) < 4.78 is 42.2. The zero-order chi connectivity index (χ0) is 42.1. The number of benzene rings is 2. The zero-order valence-corrected chi connectivity index (χ0v) is 33.4. The van der Waals surface area contributed by atoms with Crippen molar-refractivity contribution in [3.8, 4) is 17.2 Å². The maximum Gasteiger partial charge on any atom is 0.316 e. The van der Waals surface area contributed by atoms with Gasteiger partial charge in [0.1, 0.15) is 41.5 Å². The van der Waals surface area contributed by atoms with Crippen molar-refractivity contribution in [2.24, 2.45) is 0 Å². The van der Waals surface area contributed by atoms with Crippen molar-refractivity contribution in [1.82, 2.24) is 4.90 Å². The van der Waals surface area contributed by atoms with Gasteiger partial charge in [0.15, 0.2) is 30.4 Å². The lowest BCUT2D eigenvalue weighted by molar-refractivity contribution is -0.324. The van der Waals surface area contributed by atoms with Gasteiger partial charge in [-0.2, -0.15) is 0 Å². The molecule has 3 fully saturated rings. The van der Waals surface area contributed by atoms with Gasteiger partial charge in [-0.15, -0.1) is 0 Å². The standard InChI is InChI=1S/C41H51NO16/c1-16-21(43)11-12-25(53-16)57-39-18(3)55-27(14-23(39)45)58-38-17(2)54-26(13-20(38)42(5)6)56-24-15-41(4,51)33(40(50)52-7)30-29(24)36(48)32-31(37(30)49)34(46)19-9-8-10-22(44)28(19)35(32)47/h8-10,16-18,20,23-27,33,38-39,44-45,48-49,51H,11-15H2,1-7H3/t16?,17?,18?,20?,23?,24-,25?,26?,27?,33-,38?,39?,41+/m0/s1. The van der Waals surface area contributed by atoms with Gasteiger partial charge < -0.3 is 63.6 Å². The van der Waals surface area contributed by atoms with E-state index < -0.39 is 119 Å². The van der Waals surface area contributed by atoms with Crippen LogP contribution in [-0.2, 0) is 42.7 Å². The molecule has 0 spiro atoms. The number of nitrogens with zero attached hydrogens (tertiary/aromatic N) is 1. The van der Waals surface area contributed by atoms with Crippen LogP contribution in [0.15, 0.2) is 18.2 Å². The third-order valence-corrected chi connectivity index (χ3v) is 12.1. The fourth-order valence-electron chi connectivity index (χ4n) is 9.15. The number of esters is 1. The van der Waals surface area contributed by atoms with Gasteiger partial charge in [0, 0.05) is 54.8 Å². The molecule has 13 atom stereocenters. The molecule has 316 valence electrons. The number of Topliss-reactive ketones (excluding diaryl/α,β-unsaturated/α-hetero) is 1. The number of hydrogen-bond donors (Lipinski definition) is 5. The molecule has 3 heterocycles. The molecule has 0 aromatic heterocycles. The van der Waals surface area contributed by atoms with Gasteiger partial charge in [0.05, 0.1) is 53.8 Å².